The molecule has 1 N–H and O–H groups in total. The highest BCUT2D eigenvalue weighted by Crippen LogP contribution is 2.39. The Bertz CT molecular complexity index is 240. The molecule has 0 bridgehead atoms. The van der Waals surface area contributed by atoms with Crippen LogP contribution in [0.5, 0.6) is 0 Å². The summed E-state index contributed by atoms with van der Waals surface area (Å²) < 4.78 is 0. The van der Waals surface area contributed by atoms with Crippen molar-refractivity contribution in [2.45, 2.75) is 38.5 Å². The summed E-state index contributed by atoms with van der Waals surface area (Å²) in [5.41, 5.74) is -1.04. The van der Waals surface area contributed by atoms with Crippen LogP contribution in [0.2, 0.25) is 0 Å². The second kappa shape index (κ2) is 4.91. The van der Waals surface area contributed by atoms with Crippen LogP contribution in [-0.2, 0) is 9.59 Å². The summed E-state index contributed by atoms with van der Waals surface area (Å²) in [6.45, 7) is 0. The predicted octanol–water partition coefficient (Wildman–Crippen LogP) is 2.38. The van der Waals surface area contributed by atoms with Gasteiger partial charge in [0.15, 0.2) is 0 Å². The normalized spacial score (nSPS) is 26.8. The van der Waals surface area contributed by atoms with E-state index in [1.165, 1.54) is 0 Å². The first-order valence-corrected chi connectivity index (χ1v) is 6.08. The molecule has 1 fully saturated rings. The van der Waals surface area contributed by atoms with Crippen LogP contribution in [0.25, 0.3) is 0 Å². The first kappa shape index (κ1) is 11.7. The fraction of sp³-hybridized carbons (Fsp3) is 0.800. The zero-order valence-corrected chi connectivity index (χ0v) is 9.68. The van der Waals surface area contributed by atoms with E-state index in [-0.39, 0.29) is 5.78 Å². The monoisotopic (exact) mass is 262 g/mol. The van der Waals surface area contributed by atoms with E-state index in [9.17, 15) is 9.59 Å². The molecule has 1 saturated carbocycles. The van der Waals surface area contributed by atoms with Gasteiger partial charge in [0.2, 0.25) is 0 Å². The molecule has 80 valence electrons. The van der Waals surface area contributed by atoms with Crippen LogP contribution in [0, 0.1) is 5.41 Å². The van der Waals surface area contributed by atoms with Crippen molar-refractivity contribution in [2.75, 3.05) is 5.33 Å². The number of unbranched alkanes of at least 4 members (excludes halogenated alkanes) is 1. The van der Waals surface area contributed by atoms with Gasteiger partial charge in [-0.3, -0.25) is 9.59 Å². The molecule has 0 amide bonds. The topological polar surface area (TPSA) is 54.4 Å². The predicted molar refractivity (Wildman–Crippen MR) is 56.6 cm³/mol. The van der Waals surface area contributed by atoms with Crippen LogP contribution in [0.3, 0.4) is 0 Å². The molecule has 0 aromatic heterocycles. The molecule has 1 rings (SSSR count). The molecule has 14 heavy (non-hydrogen) atoms. The Morgan fingerprint density at radius 1 is 1.50 bits per heavy atom. The fourth-order valence-electron chi connectivity index (χ4n) is 2.05. The van der Waals surface area contributed by atoms with Crippen molar-refractivity contribution in [1.82, 2.24) is 0 Å². The molecule has 1 atom stereocenters. The maximum absolute atomic E-state index is 11.5. The van der Waals surface area contributed by atoms with E-state index in [1.54, 1.807) is 0 Å². The zero-order valence-electron chi connectivity index (χ0n) is 8.09. The molecule has 0 aromatic carbocycles. The third-order valence-electron chi connectivity index (χ3n) is 2.94. The number of carbonyl (C=O) groups is 2. The molecule has 0 aromatic rings. The quantitative estimate of drug-likeness (QED) is 0.470. The molecular formula is C10H15BrO3. The highest BCUT2D eigenvalue weighted by atomic mass is 79.9. The van der Waals surface area contributed by atoms with Crippen LogP contribution in [-0.4, -0.2) is 22.2 Å². The minimum Gasteiger partial charge on any atom is -0.480 e. The minimum atomic E-state index is -1.04. The van der Waals surface area contributed by atoms with Gasteiger partial charge in [-0.15, -0.1) is 0 Å². The number of aliphatic carboxylic acids is 1. The smallest absolute Gasteiger partial charge is 0.317 e. The Hall–Kier alpha value is -0.380. The Morgan fingerprint density at radius 2 is 2.21 bits per heavy atom. The molecule has 3 nitrogen and oxygen atoms in total. The summed E-state index contributed by atoms with van der Waals surface area (Å²) in [5, 5.41) is 9.97. The van der Waals surface area contributed by atoms with Gasteiger partial charge in [0.25, 0.3) is 0 Å². The van der Waals surface area contributed by atoms with Crippen molar-refractivity contribution < 1.29 is 14.7 Å². The summed E-state index contributed by atoms with van der Waals surface area (Å²) in [6.07, 6.45) is 3.96. The fourth-order valence-corrected chi connectivity index (χ4v) is 2.44. The molecule has 1 unspecified atom stereocenters. The molecular weight excluding hydrogens is 248 g/mol. The molecule has 4 heteroatoms. The number of Topliss-reactive ketones (excluding diaryl/α,β-unsaturated/α-hetero) is 1. The van der Waals surface area contributed by atoms with E-state index in [4.69, 9.17) is 5.11 Å². The summed E-state index contributed by atoms with van der Waals surface area (Å²) in [5.74, 6) is -0.992. The SMILES string of the molecule is O=C(O)C1(CCCCBr)CCCC1=O. The summed E-state index contributed by atoms with van der Waals surface area (Å²) in [7, 11) is 0. The molecule has 1 aliphatic carbocycles. The second-order valence-electron chi connectivity index (χ2n) is 3.81. The van der Waals surface area contributed by atoms with Crippen molar-refractivity contribution in [3.05, 3.63) is 0 Å². The summed E-state index contributed by atoms with van der Waals surface area (Å²) in [4.78, 5) is 22.6. The Morgan fingerprint density at radius 3 is 2.64 bits per heavy atom. The number of halogens is 1. The number of carboxylic acid groups (broad SMARTS) is 1. The summed E-state index contributed by atoms with van der Waals surface area (Å²) in [6, 6.07) is 0. The van der Waals surface area contributed by atoms with Crippen molar-refractivity contribution in [1.29, 1.82) is 0 Å². The highest BCUT2D eigenvalue weighted by molar-refractivity contribution is 9.09. The Labute approximate surface area is 92.0 Å². The third kappa shape index (κ3) is 2.16. The number of alkyl halides is 1. The van der Waals surface area contributed by atoms with Gasteiger partial charge in [0.05, 0.1) is 0 Å². The van der Waals surface area contributed by atoms with E-state index in [0.717, 1.165) is 24.6 Å². The van der Waals surface area contributed by atoms with Crippen LogP contribution >= 0.6 is 15.9 Å². The van der Waals surface area contributed by atoms with E-state index in [1.807, 2.05) is 0 Å². The summed E-state index contributed by atoms with van der Waals surface area (Å²) >= 11 is 3.30. The van der Waals surface area contributed by atoms with Crippen molar-refractivity contribution in [2.24, 2.45) is 5.41 Å². The van der Waals surface area contributed by atoms with Crippen LogP contribution in [0.1, 0.15) is 38.5 Å². The van der Waals surface area contributed by atoms with Gasteiger partial charge in [0.1, 0.15) is 11.2 Å². The minimum absolute atomic E-state index is 0.0698. The van der Waals surface area contributed by atoms with Crippen LogP contribution in [0.4, 0.5) is 0 Å². The first-order valence-electron chi connectivity index (χ1n) is 4.96. The molecule has 0 spiro atoms. The number of carbonyl (C=O) groups excluding carboxylic acids is 1. The Balaban J connectivity index is 2.63. The average Bonchev–Trinajstić information content (AvgIpc) is 2.49. The number of ketones is 1. The molecule has 0 aliphatic heterocycles. The van der Waals surface area contributed by atoms with Gasteiger partial charge in [-0.25, -0.2) is 0 Å². The van der Waals surface area contributed by atoms with Gasteiger partial charge in [0, 0.05) is 11.8 Å². The zero-order chi connectivity index (χ0) is 10.6. The van der Waals surface area contributed by atoms with E-state index in [0.29, 0.717) is 19.3 Å². The molecule has 0 radical (unpaired) electrons. The lowest BCUT2D eigenvalue weighted by atomic mass is 9.80. The third-order valence-corrected chi connectivity index (χ3v) is 3.50. The largest absolute Gasteiger partial charge is 0.480 e. The van der Waals surface area contributed by atoms with Crippen molar-refractivity contribution in [3.8, 4) is 0 Å². The standard InChI is InChI=1S/C10H15BrO3/c11-7-2-1-5-10(9(13)14)6-3-4-8(10)12/h1-7H2,(H,13,14). The van der Waals surface area contributed by atoms with Crippen molar-refractivity contribution >= 4 is 27.7 Å². The second-order valence-corrected chi connectivity index (χ2v) is 4.60. The molecule has 0 heterocycles. The van der Waals surface area contributed by atoms with Gasteiger partial charge in [-0.05, 0) is 25.7 Å². The highest BCUT2D eigenvalue weighted by Gasteiger charge is 2.47. The number of hydrogen-bond donors (Lipinski definition) is 1. The lowest BCUT2D eigenvalue weighted by Crippen LogP contribution is -2.35. The van der Waals surface area contributed by atoms with E-state index in [2.05, 4.69) is 15.9 Å². The average molecular weight is 263 g/mol. The number of rotatable bonds is 5. The van der Waals surface area contributed by atoms with E-state index < -0.39 is 11.4 Å². The van der Waals surface area contributed by atoms with E-state index >= 15 is 0 Å². The van der Waals surface area contributed by atoms with Crippen molar-refractivity contribution in [3.63, 3.8) is 0 Å². The number of hydrogen-bond acceptors (Lipinski definition) is 2. The van der Waals surface area contributed by atoms with Crippen LogP contribution < -0.4 is 0 Å². The maximum atomic E-state index is 11.5. The first-order chi connectivity index (χ1) is 6.63. The Kier molecular flexibility index (Phi) is 4.11. The van der Waals surface area contributed by atoms with Gasteiger partial charge in [-0.2, -0.15) is 0 Å². The molecule has 0 saturated heterocycles. The van der Waals surface area contributed by atoms with Gasteiger partial charge >= 0.3 is 5.97 Å². The van der Waals surface area contributed by atoms with Crippen LogP contribution in [0.15, 0.2) is 0 Å². The van der Waals surface area contributed by atoms with Gasteiger partial charge < -0.3 is 5.11 Å². The van der Waals surface area contributed by atoms with Gasteiger partial charge in [-0.1, -0.05) is 22.4 Å². The lowest BCUT2D eigenvalue weighted by Gasteiger charge is -2.21. The molecule has 1 aliphatic rings. The number of carboxylic acids is 1. The lowest BCUT2D eigenvalue weighted by molar-refractivity contribution is -0.153. The maximum Gasteiger partial charge on any atom is 0.317 e.